The Morgan fingerprint density at radius 3 is 2.31 bits per heavy atom. The van der Waals surface area contributed by atoms with Crippen molar-refractivity contribution in [3.05, 3.63) is 11.8 Å². The molecule has 0 fully saturated rings. The molecular weight excluding hydrogens is 212 g/mol. The fourth-order valence-electron chi connectivity index (χ4n) is 0.891. The van der Waals surface area contributed by atoms with Gasteiger partial charge in [0.05, 0.1) is 13.7 Å². The molecule has 0 bridgehead atoms. The average molecular weight is 230 g/mol. The third kappa shape index (κ3) is 4.31. The van der Waals surface area contributed by atoms with Gasteiger partial charge < -0.3 is 4.74 Å². The van der Waals surface area contributed by atoms with Gasteiger partial charge in [-0.15, -0.1) is 0 Å². The van der Waals surface area contributed by atoms with Gasteiger partial charge in [0.15, 0.2) is 0 Å². The molecule has 2 amide bonds. The first-order valence-electron chi connectivity index (χ1n) is 4.84. The summed E-state index contributed by atoms with van der Waals surface area (Å²) in [5.74, 6) is -0.472. The van der Waals surface area contributed by atoms with E-state index in [2.05, 4.69) is 0 Å². The summed E-state index contributed by atoms with van der Waals surface area (Å²) in [6, 6.07) is -0.374. The Hall–Kier alpha value is -1.56. The number of hydrogen-bond acceptors (Lipinski definition) is 4. The highest BCUT2D eigenvalue weighted by Crippen LogP contribution is 2.04. The van der Waals surface area contributed by atoms with Crippen LogP contribution >= 0.6 is 0 Å². The molecule has 0 aromatic heterocycles. The minimum absolute atomic E-state index is 0.304. The Kier molecular flexibility index (Phi) is 6.17. The maximum atomic E-state index is 11.6. The highest BCUT2D eigenvalue weighted by molar-refractivity contribution is 5.84. The van der Waals surface area contributed by atoms with Crippen LogP contribution in [-0.4, -0.2) is 49.8 Å². The van der Waals surface area contributed by atoms with Crippen LogP contribution in [0.4, 0.5) is 4.79 Å². The lowest BCUT2D eigenvalue weighted by atomic mass is 10.4. The number of allylic oxidation sites excluding steroid dienone is 1. The van der Waals surface area contributed by atoms with Crippen LogP contribution in [0.5, 0.6) is 0 Å². The number of esters is 1. The molecule has 0 rings (SSSR count). The van der Waals surface area contributed by atoms with Crippen molar-refractivity contribution in [1.29, 1.82) is 0 Å². The zero-order chi connectivity index (χ0) is 12.7. The first-order chi connectivity index (χ1) is 7.43. The molecule has 6 nitrogen and oxygen atoms in total. The number of urea groups is 1. The lowest BCUT2D eigenvalue weighted by Gasteiger charge is -2.23. The molecule has 0 aliphatic heterocycles. The van der Waals surface area contributed by atoms with E-state index in [1.807, 2.05) is 0 Å². The van der Waals surface area contributed by atoms with Crippen molar-refractivity contribution in [2.24, 2.45) is 0 Å². The summed E-state index contributed by atoms with van der Waals surface area (Å²) >= 11 is 0. The van der Waals surface area contributed by atoms with E-state index in [0.717, 1.165) is 5.06 Å². The molecule has 0 aromatic carbocycles. The smallest absolute Gasteiger partial charge is 0.347 e. The first-order valence-corrected chi connectivity index (χ1v) is 4.84. The van der Waals surface area contributed by atoms with E-state index >= 15 is 0 Å². The van der Waals surface area contributed by atoms with Gasteiger partial charge in [-0.3, -0.25) is 9.74 Å². The lowest BCUT2D eigenvalue weighted by molar-refractivity contribution is -0.137. The molecule has 0 aliphatic rings. The average Bonchev–Trinajstić information content (AvgIpc) is 2.26. The zero-order valence-corrected chi connectivity index (χ0v) is 10.3. The maximum absolute atomic E-state index is 11.6. The number of nitrogens with zero attached hydrogens (tertiary/aromatic N) is 2. The summed E-state index contributed by atoms with van der Waals surface area (Å²) in [6.07, 6.45) is 1.25. The van der Waals surface area contributed by atoms with Gasteiger partial charge in [-0.05, 0) is 13.8 Å². The molecule has 0 unspecified atom stereocenters. The summed E-state index contributed by atoms with van der Waals surface area (Å²) in [4.78, 5) is 28.8. The molecule has 6 heteroatoms. The maximum Gasteiger partial charge on any atom is 0.347 e. The summed E-state index contributed by atoms with van der Waals surface area (Å²) in [5, 5.41) is 1.06. The minimum Gasteiger partial charge on any atom is -0.463 e. The fraction of sp³-hybridized carbons (Fsp3) is 0.600. The van der Waals surface area contributed by atoms with Gasteiger partial charge in [-0.1, -0.05) is 0 Å². The highest BCUT2D eigenvalue weighted by atomic mass is 16.7. The molecule has 0 heterocycles. The van der Waals surface area contributed by atoms with E-state index in [9.17, 15) is 9.59 Å². The summed E-state index contributed by atoms with van der Waals surface area (Å²) in [7, 11) is 4.41. The molecule has 0 radical (unpaired) electrons. The second kappa shape index (κ2) is 6.84. The summed E-state index contributed by atoms with van der Waals surface area (Å²) in [5.41, 5.74) is 0.479. The largest absolute Gasteiger partial charge is 0.463 e. The monoisotopic (exact) mass is 230 g/mol. The number of ether oxygens (including phenoxy) is 1. The molecule has 0 saturated carbocycles. The van der Waals surface area contributed by atoms with Crippen LogP contribution in [-0.2, 0) is 14.4 Å². The van der Waals surface area contributed by atoms with Gasteiger partial charge in [0, 0.05) is 25.9 Å². The van der Waals surface area contributed by atoms with E-state index in [4.69, 9.17) is 9.57 Å². The van der Waals surface area contributed by atoms with Crippen molar-refractivity contribution >= 4 is 12.0 Å². The van der Waals surface area contributed by atoms with Crippen molar-refractivity contribution in [2.75, 3.05) is 27.8 Å². The molecular formula is C10H18N2O4. The molecule has 92 valence electrons. The van der Waals surface area contributed by atoms with E-state index in [1.165, 1.54) is 25.1 Å². The van der Waals surface area contributed by atoms with Crippen molar-refractivity contribution < 1.29 is 19.2 Å². The Bertz CT molecular complexity index is 289. The number of hydrogen-bond donors (Lipinski definition) is 0. The van der Waals surface area contributed by atoms with Crippen LogP contribution in [0.25, 0.3) is 0 Å². The van der Waals surface area contributed by atoms with Crippen molar-refractivity contribution in [3.8, 4) is 0 Å². The van der Waals surface area contributed by atoms with E-state index in [0.29, 0.717) is 12.3 Å². The second-order valence-electron chi connectivity index (χ2n) is 3.06. The summed E-state index contributed by atoms with van der Waals surface area (Å²) in [6.45, 7) is 3.66. The minimum atomic E-state index is -0.472. The molecule has 0 N–H and O–H groups in total. The third-order valence-electron chi connectivity index (χ3n) is 1.97. The molecule has 0 aliphatic carbocycles. The van der Waals surface area contributed by atoms with E-state index in [-0.39, 0.29) is 6.03 Å². The second-order valence-corrected chi connectivity index (χ2v) is 3.06. The van der Waals surface area contributed by atoms with Crippen LogP contribution in [0.2, 0.25) is 0 Å². The third-order valence-corrected chi connectivity index (χ3v) is 1.97. The van der Waals surface area contributed by atoms with Crippen LogP contribution in [0.15, 0.2) is 11.8 Å². The van der Waals surface area contributed by atoms with Crippen molar-refractivity contribution in [2.45, 2.75) is 13.8 Å². The SMILES string of the molecule is CCOC(=O)/C=C(/C)N(C)C(=O)N(C)OC. The predicted molar refractivity (Wildman–Crippen MR) is 58.3 cm³/mol. The molecule has 16 heavy (non-hydrogen) atoms. The van der Waals surface area contributed by atoms with Crippen LogP contribution in [0.3, 0.4) is 0 Å². The van der Waals surface area contributed by atoms with E-state index < -0.39 is 5.97 Å². The quantitative estimate of drug-likeness (QED) is 0.410. The van der Waals surface area contributed by atoms with Crippen LogP contribution < -0.4 is 0 Å². The topological polar surface area (TPSA) is 59.1 Å². The van der Waals surface area contributed by atoms with Gasteiger partial charge >= 0.3 is 12.0 Å². The Balaban J connectivity index is 4.54. The number of carbonyl (C=O) groups is 2. The predicted octanol–water partition coefficient (Wildman–Crippen LogP) is 0.998. The van der Waals surface area contributed by atoms with Crippen molar-refractivity contribution in [3.63, 3.8) is 0 Å². The lowest BCUT2D eigenvalue weighted by Crippen LogP contribution is -2.37. The molecule has 0 atom stereocenters. The van der Waals surface area contributed by atoms with Crippen molar-refractivity contribution in [1.82, 2.24) is 9.96 Å². The number of carbonyl (C=O) groups excluding carboxylic acids is 2. The first kappa shape index (κ1) is 14.4. The highest BCUT2D eigenvalue weighted by Gasteiger charge is 2.15. The Morgan fingerprint density at radius 1 is 1.31 bits per heavy atom. The standard InChI is InChI=1S/C10H18N2O4/c1-6-16-9(13)7-8(2)11(3)10(14)12(4)15-5/h7H,6H2,1-5H3/b8-7-. The van der Waals surface area contributed by atoms with Crippen LogP contribution in [0, 0.1) is 0 Å². The Morgan fingerprint density at radius 2 is 1.88 bits per heavy atom. The molecule has 0 aromatic rings. The number of amides is 2. The van der Waals surface area contributed by atoms with E-state index in [1.54, 1.807) is 20.9 Å². The zero-order valence-electron chi connectivity index (χ0n) is 10.3. The normalized spacial score (nSPS) is 10.9. The van der Waals surface area contributed by atoms with Gasteiger partial charge in [0.25, 0.3) is 0 Å². The molecule has 0 saturated heterocycles. The molecule has 0 spiro atoms. The fourth-order valence-corrected chi connectivity index (χ4v) is 0.891. The van der Waals surface area contributed by atoms with Crippen LogP contribution in [0.1, 0.15) is 13.8 Å². The number of rotatable bonds is 4. The summed E-state index contributed by atoms with van der Waals surface area (Å²) < 4.78 is 4.73. The number of hydroxylamine groups is 2. The van der Waals surface area contributed by atoms with Gasteiger partial charge in [0.2, 0.25) is 0 Å². The Labute approximate surface area is 95.4 Å². The van der Waals surface area contributed by atoms with Gasteiger partial charge in [-0.2, -0.15) is 0 Å². The van der Waals surface area contributed by atoms with Gasteiger partial charge in [0.1, 0.15) is 0 Å². The van der Waals surface area contributed by atoms with Gasteiger partial charge in [-0.25, -0.2) is 14.7 Å².